The normalized spacial score (nSPS) is 15.9. The molecule has 5 rings (SSSR count). The Hall–Kier alpha value is -4.40. The van der Waals surface area contributed by atoms with Crippen LogP contribution in [-0.2, 0) is 4.79 Å². The van der Waals surface area contributed by atoms with Gasteiger partial charge in [-0.3, -0.25) is 9.59 Å². The number of aromatic nitrogens is 4. The number of fused-ring (bicyclic) bond motifs is 1. The van der Waals surface area contributed by atoms with Crippen molar-refractivity contribution in [2.24, 2.45) is 0 Å². The van der Waals surface area contributed by atoms with Crippen LogP contribution in [0, 0.1) is 0 Å². The maximum atomic E-state index is 12.8. The Labute approximate surface area is 195 Å². The van der Waals surface area contributed by atoms with Gasteiger partial charge < -0.3 is 15.4 Å². The maximum absolute atomic E-state index is 12.8. The summed E-state index contributed by atoms with van der Waals surface area (Å²) in [7, 11) is 0. The third kappa shape index (κ3) is 3.92. The predicted octanol–water partition coefficient (Wildman–Crippen LogP) is 3.38. The van der Waals surface area contributed by atoms with Crippen molar-refractivity contribution < 1.29 is 9.53 Å². The number of nitrogen functional groups attached to an aromatic ring is 1. The Morgan fingerprint density at radius 1 is 1.15 bits per heavy atom. The highest BCUT2D eigenvalue weighted by atomic mass is 16.5. The summed E-state index contributed by atoms with van der Waals surface area (Å²) >= 11 is 0. The third-order valence-electron chi connectivity index (χ3n) is 6.01. The number of amides is 1. The van der Waals surface area contributed by atoms with Gasteiger partial charge in [-0.25, -0.2) is 9.78 Å². The number of nitrogens with one attached hydrogen (secondary N) is 1. The molecule has 3 heterocycles. The molecule has 9 nitrogen and oxygen atoms in total. The second kappa shape index (κ2) is 8.86. The first kappa shape index (κ1) is 21.4. The van der Waals surface area contributed by atoms with E-state index >= 15 is 0 Å². The van der Waals surface area contributed by atoms with Gasteiger partial charge in [0.1, 0.15) is 17.0 Å². The molecular weight excluding hydrogens is 432 g/mol. The van der Waals surface area contributed by atoms with Crippen molar-refractivity contribution in [1.82, 2.24) is 24.9 Å². The molecule has 172 valence electrons. The summed E-state index contributed by atoms with van der Waals surface area (Å²) in [5.41, 5.74) is 7.60. The van der Waals surface area contributed by atoms with E-state index in [2.05, 4.69) is 16.8 Å². The molecule has 2 aromatic heterocycles. The number of para-hydroxylation sites is 1. The van der Waals surface area contributed by atoms with E-state index in [0.717, 1.165) is 18.6 Å². The lowest BCUT2D eigenvalue weighted by atomic mass is 9.93. The number of piperidine rings is 1. The zero-order valence-electron chi connectivity index (χ0n) is 18.5. The smallest absolute Gasteiger partial charge is 0.275 e. The minimum Gasteiger partial charge on any atom is -0.457 e. The molecule has 1 atom stereocenters. The van der Waals surface area contributed by atoms with E-state index in [1.165, 1.54) is 6.08 Å². The Kier molecular flexibility index (Phi) is 5.59. The highest BCUT2D eigenvalue weighted by Gasteiger charge is 2.30. The number of benzene rings is 2. The molecule has 0 aliphatic carbocycles. The van der Waals surface area contributed by atoms with Crippen LogP contribution in [0.25, 0.3) is 16.6 Å². The molecule has 1 fully saturated rings. The summed E-state index contributed by atoms with van der Waals surface area (Å²) in [6, 6.07) is 16.9. The lowest BCUT2D eigenvalue weighted by Crippen LogP contribution is -2.38. The number of likely N-dealkylation sites (tertiary alicyclic amines) is 1. The third-order valence-corrected chi connectivity index (χ3v) is 6.01. The van der Waals surface area contributed by atoms with Gasteiger partial charge in [-0.15, -0.1) is 0 Å². The molecular formula is C25H24N6O3. The van der Waals surface area contributed by atoms with Crippen molar-refractivity contribution in [3.05, 3.63) is 83.3 Å². The van der Waals surface area contributed by atoms with Crippen LogP contribution < -0.4 is 16.0 Å². The minimum atomic E-state index is -0.360. The average Bonchev–Trinajstić information content (AvgIpc) is 3.29. The molecule has 0 unspecified atom stereocenters. The zero-order chi connectivity index (χ0) is 23.7. The van der Waals surface area contributed by atoms with Crippen molar-refractivity contribution >= 4 is 22.6 Å². The number of hydrogen-bond acceptors (Lipinski definition) is 6. The number of nitrogens with two attached hydrogens (primary N) is 1. The molecule has 1 saturated heterocycles. The van der Waals surface area contributed by atoms with E-state index in [0.29, 0.717) is 41.1 Å². The van der Waals surface area contributed by atoms with Gasteiger partial charge in [0, 0.05) is 19.0 Å². The largest absolute Gasteiger partial charge is 0.457 e. The number of carbonyl (C=O) groups is 1. The fourth-order valence-corrected chi connectivity index (χ4v) is 4.40. The van der Waals surface area contributed by atoms with Crippen molar-refractivity contribution in [2.75, 3.05) is 18.8 Å². The summed E-state index contributed by atoms with van der Waals surface area (Å²) in [5.74, 6) is 1.34. The molecule has 0 bridgehead atoms. The van der Waals surface area contributed by atoms with Crippen LogP contribution in [-0.4, -0.2) is 43.9 Å². The highest BCUT2D eigenvalue weighted by molar-refractivity contribution is 5.91. The van der Waals surface area contributed by atoms with Crippen LogP contribution in [0.15, 0.2) is 72.0 Å². The minimum absolute atomic E-state index is 0.106. The number of rotatable bonds is 5. The van der Waals surface area contributed by atoms with Gasteiger partial charge in [-0.05, 0) is 55.3 Å². The summed E-state index contributed by atoms with van der Waals surface area (Å²) in [6.45, 7) is 4.70. The van der Waals surface area contributed by atoms with Crippen LogP contribution in [0.5, 0.6) is 11.5 Å². The molecule has 0 spiro atoms. The van der Waals surface area contributed by atoms with Gasteiger partial charge in [0.05, 0.1) is 16.8 Å². The maximum Gasteiger partial charge on any atom is 0.275 e. The summed E-state index contributed by atoms with van der Waals surface area (Å²) in [4.78, 5) is 26.8. The topological polar surface area (TPSA) is 119 Å². The van der Waals surface area contributed by atoms with E-state index in [9.17, 15) is 9.59 Å². The standard InChI is InChI=1S/C25H24N6O3/c1-2-20(32)30-14-6-7-16(15-30)22-21-23(24(26)27-28-25(21)33)31(29-22)17-10-12-19(13-11-17)34-18-8-4-3-5-9-18/h2-5,8-13,16H,1,6-7,14-15H2,(H2,26,27)(H,28,33)/t16-/m1/s1. The number of nitrogens with zero attached hydrogens (tertiary/aromatic N) is 4. The fourth-order valence-electron chi connectivity index (χ4n) is 4.40. The number of H-pyrrole nitrogens is 1. The van der Waals surface area contributed by atoms with E-state index in [1.54, 1.807) is 9.58 Å². The van der Waals surface area contributed by atoms with Crippen LogP contribution in [0.4, 0.5) is 5.82 Å². The zero-order valence-corrected chi connectivity index (χ0v) is 18.5. The molecule has 2 aromatic carbocycles. The molecule has 1 aliphatic rings. The molecule has 4 aromatic rings. The van der Waals surface area contributed by atoms with Crippen molar-refractivity contribution in [3.63, 3.8) is 0 Å². The number of hydrogen-bond donors (Lipinski definition) is 2. The fraction of sp³-hybridized carbons (Fsp3) is 0.200. The SMILES string of the molecule is C=CC(=O)N1CCC[C@@H](c2nn(-c3ccc(Oc4ccccc4)cc3)c3c(N)n[nH]c(=O)c23)C1. The Morgan fingerprint density at radius 3 is 2.62 bits per heavy atom. The van der Waals surface area contributed by atoms with Gasteiger partial charge in [0.15, 0.2) is 5.82 Å². The lowest BCUT2D eigenvalue weighted by Gasteiger charge is -2.31. The molecule has 1 aliphatic heterocycles. The number of aromatic amines is 1. The molecule has 0 radical (unpaired) electrons. The average molecular weight is 457 g/mol. The summed E-state index contributed by atoms with van der Waals surface area (Å²) < 4.78 is 7.52. The first-order valence-electron chi connectivity index (χ1n) is 11.1. The van der Waals surface area contributed by atoms with E-state index in [-0.39, 0.29) is 23.2 Å². The van der Waals surface area contributed by atoms with Gasteiger partial charge in [-0.1, -0.05) is 24.8 Å². The van der Waals surface area contributed by atoms with E-state index in [1.807, 2.05) is 54.6 Å². The molecule has 9 heteroatoms. The van der Waals surface area contributed by atoms with Gasteiger partial charge >= 0.3 is 0 Å². The van der Waals surface area contributed by atoms with Gasteiger partial charge in [-0.2, -0.15) is 10.2 Å². The van der Waals surface area contributed by atoms with Crippen molar-refractivity contribution in [1.29, 1.82) is 0 Å². The first-order valence-corrected chi connectivity index (χ1v) is 11.1. The Bertz CT molecular complexity index is 1410. The lowest BCUT2D eigenvalue weighted by molar-refractivity contribution is -0.127. The predicted molar refractivity (Wildman–Crippen MR) is 129 cm³/mol. The second-order valence-electron chi connectivity index (χ2n) is 8.20. The van der Waals surface area contributed by atoms with Crippen LogP contribution in [0.1, 0.15) is 24.5 Å². The highest BCUT2D eigenvalue weighted by Crippen LogP contribution is 2.33. The first-order chi connectivity index (χ1) is 16.5. The van der Waals surface area contributed by atoms with Crippen LogP contribution in [0.2, 0.25) is 0 Å². The van der Waals surface area contributed by atoms with Crippen LogP contribution >= 0.6 is 0 Å². The number of anilines is 1. The van der Waals surface area contributed by atoms with E-state index < -0.39 is 0 Å². The summed E-state index contributed by atoms with van der Waals surface area (Å²) in [6.07, 6.45) is 2.92. The number of carbonyl (C=O) groups excluding carboxylic acids is 1. The quantitative estimate of drug-likeness (QED) is 0.445. The second-order valence-corrected chi connectivity index (χ2v) is 8.20. The van der Waals surface area contributed by atoms with Crippen molar-refractivity contribution in [2.45, 2.75) is 18.8 Å². The Morgan fingerprint density at radius 2 is 1.88 bits per heavy atom. The van der Waals surface area contributed by atoms with E-state index in [4.69, 9.17) is 15.6 Å². The molecule has 3 N–H and O–H groups in total. The van der Waals surface area contributed by atoms with Gasteiger partial charge in [0.25, 0.3) is 5.56 Å². The van der Waals surface area contributed by atoms with Crippen molar-refractivity contribution in [3.8, 4) is 17.2 Å². The Balaban J connectivity index is 1.55. The number of ether oxygens (including phenoxy) is 1. The molecule has 0 saturated carbocycles. The van der Waals surface area contributed by atoms with Crippen LogP contribution in [0.3, 0.4) is 0 Å². The molecule has 1 amide bonds. The molecule has 34 heavy (non-hydrogen) atoms. The summed E-state index contributed by atoms with van der Waals surface area (Å²) in [5, 5.41) is 11.6. The van der Waals surface area contributed by atoms with Gasteiger partial charge in [0.2, 0.25) is 5.91 Å². The monoisotopic (exact) mass is 456 g/mol.